The Morgan fingerprint density at radius 1 is 0.969 bits per heavy atom. The summed E-state index contributed by atoms with van der Waals surface area (Å²) >= 11 is 6.29. The average molecular weight is 449 g/mol. The lowest BCUT2D eigenvalue weighted by Gasteiger charge is -2.25. The molecular weight excluding hydrogens is 427 g/mol. The summed E-state index contributed by atoms with van der Waals surface area (Å²) in [7, 11) is 1.60. The summed E-state index contributed by atoms with van der Waals surface area (Å²) in [6, 6.07) is 23.1. The summed E-state index contributed by atoms with van der Waals surface area (Å²) in [5, 5.41) is 0.284. The lowest BCUT2D eigenvalue weighted by atomic mass is 10.1. The van der Waals surface area contributed by atoms with E-state index in [0.717, 1.165) is 11.3 Å². The molecule has 162 valence electrons. The maximum Gasteiger partial charge on any atom is 0.256 e. The molecule has 0 aliphatic carbocycles. The highest BCUT2D eigenvalue weighted by molar-refractivity contribution is 6.31. The molecule has 3 aromatic carbocycles. The van der Waals surface area contributed by atoms with Crippen LogP contribution in [-0.4, -0.2) is 22.5 Å². The first-order valence-electron chi connectivity index (χ1n) is 10.1. The number of aromatic nitrogens is 1. The Bertz CT molecular complexity index is 1220. The Morgan fingerprint density at radius 3 is 2.50 bits per heavy atom. The highest BCUT2D eigenvalue weighted by atomic mass is 35.5. The Morgan fingerprint density at radius 2 is 1.75 bits per heavy atom. The summed E-state index contributed by atoms with van der Waals surface area (Å²) in [6.07, 6.45) is 3.80. The van der Waals surface area contributed by atoms with Crippen LogP contribution in [0.4, 0.5) is 4.39 Å². The number of halogens is 2. The Labute approximate surface area is 191 Å². The third-order valence-electron chi connectivity index (χ3n) is 5.19. The molecule has 0 aliphatic heterocycles. The maximum atomic E-state index is 13.8. The van der Waals surface area contributed by atoms with E-state index in [0.29, 0.717) is 23.4 Å². The highest BCUT2D eigenvalue weighted by Gasteiger charge is 2.21. The van der Waals surface area contributed by atoms with Gasteiger partial charge < -0.3 is 14.2 Å². The van der Waals surface area contributed by atoms with Gasteiger partial charge in [0.15, 0.2) is 0 Å². The number of hydrogen-bond donors (Lipinski definition) is 0. The monoisotopic (exact) mass is 448 g/mol. The fraction of sp³-hybridized carbons (Fsp3) is 0.115. The van der Waals surface area contributed by atoms with Gasteiger partial charge in [-0.25, -0.2) is 4.39 Å². The van der Waals surface area contributed by atoms with Crippen molar-refractivity contribution in [1.29, 1.82) is 0 Å². The van der Waals surface area contributed by atoms with Gasteiger partial charge in [0.1, 0.15) is 11.6 Å². The molecule has 0 unspecified atom stereocenters. The molecule has 0 fully saturated rings. The molecule has 6 heteroatoms. The van der Waals surface area contributed by atoms with Gasteiger partial charge in [-0.05, 0) is 59.7 Å². The maximum absolute atomic E-state index is 13.8. The molecule has 0 spiro atoms. The van der Waals surface area contributed by atoms with Crippen molar-refractivity contribution in [3.63, 3.8) is 0 Å². The largest absolute Gasteiger partial charge is 0.497 e. The van der Waals surface area contributed by atoms with E-state index in [1.165, 1.54) is 12.1 Å². The number of methoxy groups -OCH3 is 1. The minimum absolute atomic E-state index is 0.155. The van der Waals surface area contributed by atoms with Crippen LogP contribution in [-0.2, 0) is 13.1 Å². The summed E-state index contributed by atoms with van der Waals surface area (Å²) in [4.78, 5) is 15.5. The molecule has 0 saturated heterocycles. The van der Waals surface area contributed by atoms with Crippen LogP contribution in [0.3, 0.4) is 0 Å². The van der Waals surface area contributed by atoms with Gasteiger partial charge in [-0.2, -0.15) is 0 Å². The van der Waals surface area contributed by atoms with E-state index in [1.807, 2.05) is 77.6 Å². The third-order valence-corrected chi connectivity index (χ3v) is 5.54. The van der Waals surface area contributed by atoms with E-state index in [4.69, 9.17) is 16.3 Å². The molecule has 1 heterocycles. The smallest absolute Gasteiger partial charge is 0.256 e. The molecule has 4 rings (SSSR count). The van der Waals surface area contributed by atoms with E-state index in [-0.39, 0.29) is 17.5 Å². The second-order valence-corrected chi connectivity index (χ2v) is 7.76. The van der Waals surface area contributed by atoms with Crippen molar-refractivity contribution in [1.82, 2.24) is 9.47 Å². The second-order valence-electron chi connectivity index (χ2n) is 7.36. The third kappa shape index (κ3) is 4.84. The first-order valence-corrected chi connectivity index (χ1v) is 10.5. The van der Waals surface area contributed by atoms with Gasteiger partial charge in [0.25, 0.3) is 5.91 Å². The van der Waals surface area contributed by atoms with Gasteiger partial charge in [-0.1, -0.05) is 41.9 Å². The molecule has 4 nitrogen and oxygen atoms in total. The van der Waals surface area contributed by atoms with E-state index in [1.54, 1.807) is 18.1 Å². The summed E-state index contributed by atoms with van der Waals surface area (Å²) in [5.74, 6) is 0.141. The molecule has 0 N–H and O–H groups in total. The minimum Gasteiger partial charge on any atom is -0.497 e. The zero-order chi connectivity index (χ0) is 22.5. The van der Waals surface area contributed by atoms with Crippen LogP contribution >= 0.6 is 11.6 Å². The van der Waals surface area contributed by atoms with Crippen LogP contribution < -0.4 is 4.74 Å². The van der Waals surface area contributed by atoms with Crippen LogP contribution in [0.25, 0.3) is 5.69 Å². The molecule has 0 atom stereocenters. The average Bonchev–Trinajstić information content (AvgIpc) is 3.35. The van der Waals surface area contributed by atoms with Crippen LogP contribution in [0, 0.1) is 5.82 Å². The van der Waals surface area contributed by atoms with Crippen molar-refractivity contribution < 1.29 is 13.9 Å². The van der Waals surface area contributed by atoms with Crippen molar-refractivity contribution in [2.24, 2.45) is 0 Å². The van der Waals surface area contributed by atoms with Crippen LogP contribution in [0.2, 0.25) is 5.02 Å². The summed E-state index contributed by atoms with van der Waals surface area (Å²) in [6.45, 7) is 0.568. The van der Waals surface area contributed by atoms with Crippen LogP contribution in [0.15, 0.2) is 91.3 Å². The van der Waals surface area contributed by atoms with Gasteiger partial charge >= 0.3 is 0 Å². The number of rotatable bonds is 7. The topological polar surface area (TPSA) is 34.5 Å². The molecule has 32 heavy (non-hydrogen) atoms. The fourth-order valence-electron chi connectivity index (χ4n) is 3.59. The molecule has 0 aliphatic rings. The minimum atomic E-state index is -0.414. The number of benzene rings is 3. The van der Waals surface area contributed by atoms with Crippen LogP contribution in [0.5, 0.6) is 5.75 Å². The number of carbonyl (C=O) groups is 1. The Hall–Kier alpha value is -3.57. The number of hydrogen-bond acceptors (Lipinski definition) is 2. The van der Waals surface area contributed by atoms with Crippen molar-refractivity contribution in [2.45, 2.75) is 13.1 Å². The molecule has 1 amide bonds. The lowest BCUT2D eigenvalue weighted by Crippen LogP contribution is -2.31. The van der Waals surface area contributed by atoms with E-state index >= 15 is 0 Å². The number of nitrogens with zero attached hydrogens (tertiary/aromatic N) is 2. The van der Waals surface area contributed by atoms with Gasteiger partial charge in [0.2, 0.25) is 0 Å². The fourth-order valence-corrected chi connectivity index (χ4v) is 3.82. The van der Waals surface area contributed by atoms with Gasteiger partial charge in [-0.3, -0.25) is 4.79 Å². The molecule has 0 bridgehead atoms. The van der Waals surface area contributed by atoms with Crippen LogP contribution in [0.1, 0.15) is 21.5 Å². The molecule has 0 saturated carbocycles. The first-order chi connectivity index (χ1) is 15.5. The van der Waals surface area contributed by atoms with Crippen molar-refractivity contribution in [3.8, 4) is 11.4 Å². The standard InChI is InChI=1S/C26H22ClFN2O2/c1-32-22-8-6-7-19(15-22)17-30(18-20-11-12-21(28)16-24(20)27)26(31)23-9-2-3-10-25(23)29-13-4-5-14-29/h2-16H,17-18H2,1H3. The number of carbonyl (C=O) groups excluding carboxylic acids is 1. The summed E-state index contributed by atoms with van der Waals surface area (Å²) in [5.41, 5.74) is 2.92. The molecule has 1 aromatic heterocycles. The van der Waals surface area contributed by atoms with Gasteiger partial charge in [0.05, 0.1) is 18.4 Å². The first kappa shape index (κ1) is 21.7. The predicted octanol–water partition coefficient (Wildman–Crippen LogP) is 6.12. The highest BCUT2D eigenvalue weighted by Crippen LogP contribution is 2.24. The predicted molar refractivity (Wildman–Crippen MR) is 124 cm³/mol. The normalized spacial score (nSPS) is 10.7. The number of para-hydroxylation sites is 1. The van der Waals surface area contributed by atoms with Gasteiger partial charge in [0, 0.05) is 30.5 Å². The van der Waals surface area contributed by atoms with Crippen molar-refractivity contribution in [3.05, 3.63) is 119 Å². The van der Waals surface area contributed by atoms with E-state index < -0.39 is 5.82 Å². The second kappa shape index (κ2) is 9.71. The zero-order valence-electron chi connectivity index (χ0n) is 17.5. The lowest BCUT2D eigenvalue weighted by molar-refractivity contribution is 0.0730. The Kier molecular flexibility index (Phi) is 6.57. The molecule has 0 radical (unpaired) electrons. The van der Waals surface area contributed by atoms with Gasteiger partial charge in [-0.15, -0.1) is 0 Å². The van der Waals surface area contributed by atoms with E-state index in [9.17, 15) is 9.18 Å². The Balaban J connectivity index is 1.72. The number of amides is 1. The molecular formula is C26H22ClFN2O2. The molecule has 4 aromatic rings. The number of ether oxygens (including phenoxy) is 1. The van der Waals surface area contributed by atoms with Crippen molar-refractivity contribution in [2.75, 3.05) is 7.11 Å². The summed E-state index contributed by atoms with van der Waals surface area (Å²) < 4.78 is 20.8. The van der Waals surface area contributed by atoms with E-state index in [2.05, 4.69) is 0 Å². The SMILES string of the molecule is COc1cccc(CN(Cc2ccc(F)cc2Cl)C(=O)c2ccccc2-n2cccc2)c1. The quantitative estimate of drug-likeness (QED) is 0.341. The zero-order valence-corrected chi connectivity index (χ0v) is 18.3. The van der Waals surface area contributed by atoms with Crippen molar-refractivity contribution >= 4 is 17.5 Å².